The minimum atomic E-state index is 0.0835. The molecule has 0 aliphatic heterocycles. The van der Waals surface area contributed by atoms with E-state index >= 15 is 0 Å². The van der Waals surface area contributed by atoms with Crippen LogP contribution in [0.25, 0.3) is 0 Å². The van der Waals surface area contributed by atoms with E-state index in [-0.39, 0.29) is 5.60 Å². The van der Waals surface area contributed by atoms with Crippen molar-refractivity contribution in [3.8, 4) is 0 Å². The van der Waals surface area contributed by atoms with Gasteiger partial charge in [-0.1, -0.05) is 71.1 Å². The van der Waals surface area contributed by atoms with Gasteiger partial charge in [-0.05, 0) is 20.3 Å². The molecular formula is C16H34O. The average molecular weight is 242 g/mol. The van der Waals surface area contributed by atoms with E-state index in [1.165, 1.54) is 70.6 Å². The van der Waals surface area contributed by atoms with Gasteiger partial charge in [0.1, 0.15) is 0 Å². The van der Waals surface area contributed by atoms with Gasteiger partial charge < -0.3 is 4.74 Å². The maximum absolute atomic E-state index is 5.42. The fraction of sp³-hybridized carbons (Fsp3) is 1.00. The molecule has 0 saturated carbocycles. The molecule has 0 heterocycles. The second-order valence-corrected chi connectivity index (χ2v) is 5.90. The summed E-state index contributed by atoms with van der Waals surface area (Å²) in [6, 6.07) is 0. The molecule has 1 nitrogen and oxygen atoms in total. The third-order valence-electron chi connectivity index (χ3n) is 3.68. The van der Waals surface area contributed by atoms with Crippen LogP contribution in [0.2, 0.25) is 0 Å². The van der Waals surface area contributed by atoms with Crippen molar-refractivity contribution >= 4 is 0 Å². The quantitative estimate of drug-likeness (QED) is 0.397. The lowest BCUT2D eigenvalue weighted by molar-refractivity contribution is 0.0134. The molecule has 0 aliphatic rings. The SMILES string of the molecule is CCCCCCCCCCCCC(C)(C)OC. The second-order valence-electron chi connectivity index (χ2n) is 5.90. The van der Waals surface area contributed by atoms with E-state index in [2.05, 4.69) is 20.8 Å². The van der Waals surface area contributed by atoms with Crippen LogP contribution in [0.4, 0.5) is 0 Å². The van der Waals surface area contributed by atoms with Crippen LogP contribution < -0.4 is 0 Å². The minimum absolute atomic E-state index is 0.0835. The van der Waals surface area contributed by atoms with E-state index in [9.17, 15) is 0 Å². The molecule has 0 saturated heterocycles. The molecule has 0 amide bonds. The Hall–Kier alpha value is -0.0400. The van der Waals surface area contributed by atoms with Gasteiger partial charge in [0.25, 0.3) is 0 Å². The Balaban J connectivity index is 3.09. The van der Waals surface area contributed by atoms with Crippen molar-refractivity contribution in [2.24, 2.45) is 0 Å². The molecule has 0 atom stereocenters. The van der Waals surface area contributed by atoms with Crippen molar-refractivity contribution in [1.29, 1.82) is 0 Å². The maximum Gasteiger partial charge on any atom is 0.0622 e. The third-order valence-corrected chi connectivity index (χ3v) is 3.68. The molecule has 0 spiro atoms. The summed E-state index contributed by atoms with van der Waals surface area (Å²) in [6.07, 6.45) is 15.3. The van der Waals surface area contributed by atoms with Gasteiger partial charge >= 0.3 is 0 Å². The van der Waals surface area contributed by atoms with Gasteiger partial charge in [-0.3, -0.25) is 0 Å². The molecule has 0 unspecified atom stereocenters. The number of methoxy groups -OCH3 is 1. The first kappa shape index (κ1) is 17.0. The molecule has 104 valence electrons. The van der Waals surface area contributed by atoms with Gasteiger partial charge in [-0.15, -0.1) is 0 Å². The second kappa shape index (κ2) is 11.1. The Morgan fingerprint density at radius 3 is 1.53 bits per heavy atom. The fourth-order valence-electron chi connectivity index (χ4n) is 2.14. The first-order valence-corrected chi connectivity index (χ1v) is 7.67. The molecule has 0 radical (unpaired) electrons. The van der Waals surface area contributed by atoms with E-state index in [4.69, 9.17) is 4.74 Å². The molecule has 0 rings (SSSR count). The summed E-state index contributed by atoms with van der Waals surface area (Å²) >= 11 is 0. The Morgan fingerprint density at radius 1 is 0.706 bits per heavy atom. The highest BCUT2D eigenvalue weighted by atomic mass is 16.5. The Kier molecular flexibility index (Phi) is 11.0. The lowest BCUT2D eigenvalue weighted by Crippen LogP contribution is -2.21. The average Bonchev–Trinajstić information content (AvgIpc) is 2.31. The molecule has 0 bridgehead atoms. The zero-order valence-electron chi connectivity index (χ0n) is 12.7. The fourth-order valence-corrected chi connectivity index (χ4v) is 2.14. The molecule has 0 N–H and O–H groups in total. The first-order valence-electron chi connectivity index (χ1n) is 7.67. The molecule has 0 aliphatic carbocycles. The third kappa shape index (κ3) is 12.2. The summed E-state index contributed by atoms with van der Waals surface area (Å²) in [5.74, 6) is 0. The summed E-state index contributed by atoms with van der Waals surface area (Å²) in [6.45, 7) is 6.64. The van der Waals surface area contributed by atoms with Crippen LogP contribution in [0.5, 0.6) is 0 Å². The maximum atomic E-state index is 5.42. The first-order chi connectivity index (χ1) is 8.12. The summed E-state index contributed by atoms with van der Waals surface area (Å²) in [4.78, 5) is 0. The lowest BCUT2D eigenvalue weighted by atomic mass is 9.99. The van der Waals surface area contributed by atoms with Gasteiger partial charge in [-0.25, -0.2) is 0 Å². The van der Waals surface area contributed by atoms with Crippen LogP contribution in [0.3, 0.4) is 0 Å². The predicted octanol–water partition coefficient (Wildman–Crippen LogP) is 5.72. The molecule has 1 heteroatoms. The molecule has 0 fully saturated rings. The van der Waals surface area contributed by atoms with E-state index < -0.39 is 0 Å². The molecule has 0 aromatic carbocycles. The standard InChI is InChI=1S/C16H34O/c1-5-6-7-8-9-10-11-12-13-14-15-16(2,3)17-4/h5-15H2,1-4H3. The monoisotopic (exact) mass is 242 g/mol. The van der Waals surface area contributed by atoms with Crippen LogP contribution in [-0.2, 0) is 4.74 Å². The number of ether oxygens (including phenoxy) is 1. The van der Waals surface area contributed by atoms with Gasteiger partial charge in [0.15, 0.2) is 0 Å². The number of hydrogen-bond donors (Lipinski definition) is 0. The highest BCUT2D eigenvalue weighted by molar-refractivity contribution is 4.67. The zero-order chi connectivity index (χ0) is 13.0. The van der Waals surface area contributed by atoms with Crippen molar-refractivity contribution in [2.75, 3.05) is 7.11 Å². The predicted molar refractivity (Wildman–Crippen MR) is 77.5 cm³/mol. The van der Waals surface area contributed by atoms with E-state index in [1.807, 2.05) is 7.11 Å². The van der Waals surface area contributed by atoms with Crippen LogP contribution in [0.1, 0.15) is 91.4 Å². The van der Waals surface area contributed by atoms with Crippen LogP contribution >= 0.6 is 0 Å². The van der Waals surface area contributed by atoms with Crippen LogP contribution in [-0.4, -0.2) is 12.7 Å². The van der Waals surface area contributed by atoms with Crippen LogP contribution in [0.15, 0.2) is 0 Å². The highest BCUT2D eigenvalue weighted by Crippen LogP contribution is 2.18. The summed E-state index contributed by atoms with van der Waals surface area (Å²) in [7, 11) is 1.82. The van der Waals surface area contributed by atoms with E-state index in [1.54, 1.807) is 0 Å². The Labute approximate surface area is 109 Å². The molecular weight excluding hydrogens is 208 g/mol. The highest BCUT2D eigenvalue weighted by Gasteiger charge is 2.14. The van der Waals surface area contributed by atoms with Crippen molar-refractivity contribution in [3.63, 3.8) is 0 Å². The summed E-state index contributed by atoms with van der Waals surface area (Å²) in [5.41, 5.74) is 0.0835. The Bertz CT molecular complexity index is 152. The van der Waals surface area contributed by atoms with Crippen molar-refractivity contribution in [2.45, 2.75) is 97.0 Å². The van der Waals surface area contributed by atoms with Crippen molar-refractivity contribution < 1.29 is 4.74 Å². The largest absolute Gasteiger partial charge is 0.379 e. The van der Waals surface area contributed by atoms with Crippen LogP contribution in [0, 0.1) is 0 Å². The van der Waals surface area contributed by atoms with Gasteiger partial charge in [-0.2, -0.15) is 0 Å². The van der Waals surface area contributed by atoms with E-state index in [0.29, 0.717) is 0 Å². The van der Waals surface area contributed by atoms with E-state index in [0.717, 1.165) is 0 Å². The number of unbranched alkanes of at least 4 members (excludes halogenated alkanes) is 9. The molecule has 0 aromatic heterocycles. The molecule has 0 aromatic rings. The van der Waals surface area contributed by atoms with Gasteiger partial charge in [0.05, 0.1) is 5.60 Å². The van der Waals surface area contributed by atoms with Gasteiger partial charge in [0.2, 0.25) is 0 Å². The number of rotatable bonds is 12. The normalized spacial score (nSPS) is 12.0. The zero-order valence-corrected chi connectivity index (χ0v) is 12.7. The smallest absolute Gasteiger partial charge is 0.0622 e. The van der Waals surface area contributed by atoms with Crippen molar-refractivity contribution in [1.82, 2.24) is 0 Å². The summed E-state index contributed by atoms with van der Waals surface area (Å²) < 4.78 is 5.42. The number of hydrogen-bond acceptors (Lipinski definition) is 1. The summed E-state index contributed by atoms with van der Waals surface area (Å²) in [5, 5.41) is 0. The van der Waals surface area contributed by atoms with Crippen molar-refractivity contribution in [3.05, 3.63) is 0 Å². The van der Waals surface area contributed by atoms with Gasteiger partial charge in [0, 0.05) is 7.11 Å². The topological polar surface area (TPSA) is 9.23 Å². The molecule has 17 heavy (non-hydrogen) atoms. The lowest BCUT2D eigenvalue weighted by Gasteiger charge is -2.22. The Morgan fingerprint density at radius 2 is 1.12 bits per heavy atom. The minimum Gasteiger partial charge on any atom is -0.379 e.